The first-order chi connectivity index (χ1) is 9.10. The van der Waals surface area contributed by atoms with E-state index in [1.165, 1.54) is 0 Å². The van der Waals surface area contributed by atoms with Gasteiger partial charge in [0.1, 0.15) is 4.60 Å². The molecule has 0 aliphatic heterocycles. The summed E-state index contributed by atoms with van der Waals surface area (Å²) in [4.78, 5) is 17.0. The Morgan fingerprint density at radius 2 is 2.16 bits per heavy atom. The molecule has 0 radical (unpaired) electrons. The Balaban J connectivity index is 2.66. The van der Waals surface area contributed by atoms with Gasteiger partial charge in [-0.3, -0.25) is 9.20 Å². The zero-order chi connectivity index (χ0) is 14.0. The Morgan fingerprint density at radius 3 is 2.79 bits per heavy atom. The van der Waals surface area contributed by atoms with E-state index in [0.29, 0.717) is 30.2 Å². The molecule has 0 fully saturated rings. The van der Waals surface area contributed by atoms with Crippen molar-refractivity contribution in [1.82, 2.24) is 14.0 Å². The predicted molar refractivity (Wildman–Crippen MR) is 77.9 cm³/mol. The Bertz CT molecular complexity index is 645. The quantitative estimate of drug-likeness (QED) is 0.847. The second-order valence-corrected chi connectivity index (χ2v) is 5.23. The van der Waals surface area contributed by atoms with Gasteiger partial charge in [-0.05, 0) is 35.7 Å². The van der Waals surface area contributed by atoms with Crippen LogP contribution in [0.25, 0.3) is 5.78 Å². The van der Waals surface area contributed by atoms with Crippen molar-refractivity contribution < 1.29 is 4.74 Å². The zero-order valence-electron chi connectivity index (χ0n) is 11.4. The van der Waals surface area contributed by atoms with Crippen molar-refractivity contribution in [3.8, 4) is 5.88 Å². The number of ether oxygens (including phenoxy) is 1. The Hall–Kier alpha value is -1.30. The molecule has 2 heterocycles. The first-order valence-electron chi connectivity index (χ1n) is 6.49. The summed E-state index contributed by atoms with van der Waals surface area (Å²) in [7, 11) is 1.85. The molecule has 0 N–H and O–H groups in total. The molecular weight excluding hydrogens is 310 g/mol. The summed E-state index contributed by atoms with van der Waals surface area (Å²) in [5.74, 6) is 1.05. The van der Waals surface area contributed by atoms with E-state index < -0.39 is 0 Å². The van der Waals surface area contributed by atoms with E-state index >= 15 is 0 Å². The van der Waals surface area contributed by atoms with E-state index in [2.05, 4.69) is 27.8 Å². The summed E-state index contributed by atoms with van der Waals surface area (Å²) in [6, 6.07) is 0. The van der Waals surface area contributed by atoms with Crippen LogP contribution in [0.5, 0.6) is 5.88 Å². The lowest BCUT2D eigenvalue weighted by Crippen LogP contribution is -2.21. The van der Waals surface area contributed by atoms with Crippen molar-refractivity contribution >= 4 is 21.7 Å². The average molecular weight is 328 g/mol. The molecule has 0 aromatic carbocycles. The highest BCUT2D eigenvalue weighted by atomic mass is 79.9. The molecule has 6 heteroatoms. The molecular formula is C13H18BrN3O2. The van der Waals surface area contributed by atoms with Crippen molar-refractivity contribution in [3.63, 3.8) is 0 Å². The molecule has 0 saturated heterocycles. The standard InChI is InChI=1S/C13H18BrN3O2/c1-4-6-7-9-11(19-5-2)15-13-16(3)10(14)8-17(13)12(9)18/h8H,4-7H2,1-3H3. The number of unbranched alkanes of at least 4 members (excludes halogenated alkanes) is 1. The summed E-state index contributed by atoms with van der Waals surface area (Å²) >= 11 is 3.41. The summed E-state index contributed by atoms with van der Waals surface area (Å²) in [5.41, 5.74) is 0.627. The molecule has 2 aromatic heterocycles. The van der Waals surface area contributed by atoms with E-state index in [1.807, 2.05) is 18.5 Å². The molecule has 19 heavy (non-hydrogen) atoms. The van der Waals surface area contributed by atoms with Crippen molar-refractivity contribution in [2.24, 2.45) is 7.05 Å². The van der Waals surface area contributed by atoms with Crippen LogP contribution in [0, 0.1) is 0 Å². The first-order valence-corrected chi connectivity index (χ1v) is 7.28. The van der Waals surface area contributed by atoms with Crippen molar-refractivity contribution in [2.45, 2.75) is 33.1 Å². The molecule has 0 unspecified atom stereocenters. The maximum absolute atomic E-state index is 12.5. The third kappa shape index (κ3) is 2.54. The van der Waals surface area contributed by atoms with E-state index in [0.717, 1.165) is 17.4 Å². The molecule has 0 aliphatic carbocycles. The minimum absolute atomic E-state index is 0.0387. The number of rotatable bonds is 5. The minimum Gasteiger partial charge on any atom is -0.478 e. The van der Waals surface area contributed by atoms with E-state index in [-0.39, 0.29) is 5.56 Å². The molecule has 0 atom stereocenters. The smallest absolute Gasteiger partial charge is 0.266 e. The second-order valence-electron chi connectivity index (χ2n) is 4.42. The first kappa shape index (κ1) is 14.1. The summed E-state index contributed by atoms with van der Waals surface area (Å²) < 4.78 is 9.73. The van der Waals surface area contributed by atoms with Gasteiger partial charge in [0.25, 0.3) is 5.56 Å². The van der Waals surface area contributed by atoms with Gasteiger partial charge in [-0.25, -0.2) is 0 Å². The van der Waals surface area contributed by atoms with Crippen LogP contribution < -0.4 is 10.3 Å². The van der Waals surface area contributed by atoms with Gasteiger partial charge in [0, 0.05) is 13.2 Å². The highest BCUT2D eigenvalue weighted by Gasteiger charge is 2.16. The van der Waals surface area contributed by atoms with Crippen molar-refractivity contribution in [1.29, 1.82) is 0 Å². The fraction of sp³-hybridized carbons (Fsp3) is 0.538. The molecule has 2 aromatic rings. The van der Waals surface area contributed by atoms with Crippen LogP contribution in [-0.2, 0) is 13.5 Å². The molecule has 0 amide bonds. The van der Waals surface area contributed by atoms with Gasteiger partial charge in [0.15, 0.2) is 0 Å². The molecule has 0 saturated carbocycles. The molecule has 5 nitrogen and oxygen atoms in total. The molecule has 2 rings (SSSR count). The number of hydrogen-bond donors (Lipinski definition) is 0. The molecule has 0 spiro atoms. The lowest BCUT2D eigenvalue weighted by molar-refractivity contribution is 0.321. The number of fused-ring (bicyclic) bond motifs is 1. The summed E-state index contributed by atoms with van der Waals surface area (Å²) in [6.07, 6.45) is 4.44. The Labute approximate surface area is 120 Å². The predicted octanol–water partition coefficient (Wildman–Crippen LogP) is 2.54. The third-order valence-electron chi connectivity index (χ3n) is 3.07. The van der Waals surface area contributed by atoms with Gasteiger partial charge >= 0.3 is 0 Å². The Kier molecular flexibility index (Phi) is 4.29. The van der Waals surface area contributed by atoms with Gasteiger partial charge in [0.2, 0.25) is 11.7 Å². The second kappa shape index (κ2) is 5.77. The molecule has 0 bridgehead atoms. The fourth-order valence-electron chi connectivity index (χ4n) is 2.01. The van der Waals surface area contributed by atoms with E-state index in [9.17, 15) is 4.79 Å². The zero-order valence-corrected chi connectivity index (χ0v) is 13.0. The van der Waals surface area contributed by atoms with Crippen molar-refractivity contribution in [3.05, 3.63) is 26.7 Å². The summed E-state index contributed by atoms with van der Waals surface area (Å²) in [6.45, 7) is 4.50. The number of nitrogens with zero attached hydrogens (tertiary/aromatic N) is 3. The van der Waals surface area contributed by atoms with Crippen LogP contribution in [0.4, 0.5) is 0 Å². The normalized spacial score (nSPS) is 11.2. The van der Waals surface area contributed by atoms with Crippen LogP contribution in [0.1, 0.15) is 32.3 Å². The number of hydrogen-bond acceptors (Lipinski definition) is 3. The van der Waals surface area contributed by atoms with Gasteiger partial charge in [-0.2, -0.15) is 4.98 Å². The fourth-order valence-corrected chi connectivity index (χ4v) is 2.37. The van der Waals surface area contributed by atoms with Gasteiger partial charge < -0.3 is 9.30 Å². The lowest BCUT2D eigenvalue weighted by Gasteiger charge is -2.09. The molecule has 0 aliphatic rings. The highest BCUT2D eigenvalue weighted by molar-refractivity contribution is 9.10. The SMILES string of the molecule is CCCCc1c(OCC)nc2n(C)c(Br)cn2c1=O. The average Bonchev–Trinajstić information content (AvgIpc) is 2.67. The highest BCUT2D eigenvalue weighted by Crippen LogP contribution is 2.19. The van der Waals surface area contributed by atoms with Crippen LogP contribution in [0.15, 0.2) is 15.6 Å². The van der Waals surface area contributed by atoms with Gasteiger partial charge in [-0.1, -0.05) is 13.3 Å². The minimum atomic E-state index is -0.0387. The maximum atomic E-state index is 12.5. The Morgan fingerprint density at radius 1 is 1.42 bits per heavy atom. The number of aryl methyl sites for hydroxylation is 1. The molecule has 104 valence electrons. The van der Waals surface area contributed by atoms with Gasteiger partial charge in [-0.15, -0.1) is 0 Å². The largest absolute Gasteiger partial charge is 0.478 e. The monoisotopic (exact) mass is 327 g/mol. The maximum Gasteiger partial charge on any atom is 0.266 e. The van der Waals surface area contributed by atoms with Crippen molar-refractivity contribution in [2.75, 3.05) is 6.61 Å². The summed E-state index contributed by atoms with van der Waals surface area (Å²) in [5, 5.41) is 0. The van der Waals surface area contributed by atoms with Crippen LogP contribution in [0.3, 0.4) is 0 Å². The topological polar surface area (TPSA) is 48.5 Å². The number of aromatic nitrogens is 3. The lowest BCUT2D eigenvalue weighted by atomic mass is 10.1. The van der Waals surface area contributed by atoms with Crippen LogP contribution in [-0.4, -0.2) is 20.6 Å². The third-order valence-corrected chi connectivity index (χ3v) is 3.81. The van der Waals surface area contributed by atoms with E-state index in [1.54, 1.807) is 10.6 Å². The number of imidazole rings is 1. The van der Waals surface area contributed by atoms with Gasteiger partial charge in [0.05, 0.1) is 12.2 Å². The number of halogens is 1. The van der Waals surface area contributed by atoms with Crippen LogP contribution >= 0.6 is 15.9 Å². The van der Waals surface area contributed by atoms with E-state index in [4.69, 9.17) is 4.74 Å². The van der Waals surface area contributed by atoms with Crippen LogP contribution in [0.2, 0.25) is 0 Å².